The number of nitrogens with one attached hydrogen (secondary N) is 3. The summed E-state index contributed by atoms with van der Waals surface area (Å²) in [7, 11) is -3.62. The van der Waals surface area contributed by atoms with Crippen LogP contribution in [0, 0.1) is 0 Å². The average molecular weight is 389 g/mol. The lowest BCUT2D eigenvalue weighted by atomic mass is 10.2. The van der Waals surface area contributed by atoms with Crippen LogP contribution in [0.3, 0.4) is 0 Å². The Labute approximate surface area is 154 Å². The van der Waals surface area contributed by atoms with Crippen molar-refractivity contribution in [3.05, 3.63) is 78.1 Å². The highest BCUT2D eigenvalue weighted by Crippen LogP contribution is 2.20. The largest absolute Gasteiger partial charge is 0.463 e. The Balaban J connectivity index is 1.60. The molecule has 0 atom stereocenters. The minimum absolute atomic E-state index is 0.222. The van der Waals surface area contributed by atoms with Gasteiger partial charge < -0.3 is 4.42 Å². The van der Waals surface area contributed by atoms with Crippen LogP contribution >= 0.6 is 11.3 Å². The number of hydrazine groups is 1. The third kappa shape index (κ3) is 4.13. The van der Waals surface area contributed by atoms with Gasteiger partial charge in [-0.1, -0.05) is 12.6 Å². The Hall–Kier alpha value is -3.04. The number of thiophene rings is 1. The van der Waals surface area contributed by atoms with Crippen molar-refractivity contribution in [3.8, 4) is 0 Å². The number of anilines is 1. The van der Waals surface area contributed by atoms with Gasteiger partial charge in [0.1, 0.15) is 4.21 Å². The lowest BCUT2D eigenvalue weighted by Gasteiger charge is -2.10. The first kappa shape index (κ1) is 17.8. The molecule has 3 N–H and O–H groups in total. The molecule has 3 aromatic rings. The van der Waals surface area contributed by atoms with Crippen molar-refractivity contribution in [2.45, 2.75) is 4.21 Å². The van der Waals surface area contributed by atoms with Gasteiger partial charge in [0.25, 0.3) is 15.9 Å². The number of benzene rings is 1. The fraction of sp³-hybridized carbons (Fsp3) is 0. The van der Waals surface area contributed by atoms with E-state index in [9.17, 15) is 13.2 Å². The highest BCUT2D eigenvalue weighted by Gasteiger charge is 2.15. The van der Waals surface area contributed by atoms with Gasteiger partial charge in [-0.2, -0.15) is 0 Å². The number of sulfonamides is 1. The van der Waals surface area contributed by atoms with Crippen LogP contribution in [0.25, 0.3) is 5.70 Å². The summed E-state index contributed by atoms with van der Waals surface area (Å²) in [5, 5.41) is 1.69. The van der Waals surface area contributed by atoms with Gasteiger partial charge in [-0.25, -0.2) is 8.42 Å². The van der Waals surface area contributed by atoms with Crippen LogP contribution in [0.5, 0.6) is 0 Å². The van der Waals surface area contributed by atoms with E-state index >= 15 is 0 Å². The molecule has 2 aromatic heterocycles. The summed E-state index contributed by atoms with van der Waals surface area (Å²) in [6.07, 6.45) is 1.50. The summed E-state index contributed by atoms with van der Waals surface area (Å²) >= 11 is 1.13. The smallest absolute Gasteiger partial charge is 0.271 e. The Kier molecular flexibility index (Phi) is 5.10. The molecule has 0 spiro atoms. The van der Waals surface area contributed by atoms with Crippen LogP contribution < -0.4 is 15.6 Å². The quantitative estimate of drug-likeness (QED) is 0.539. The first-order valence-corrected chi connectivity index (χ1v) is 9.77. The third-order valence-electron chi connectivity index (χ3n) is 3.30. The van der Waals surface area contributed by atoms with Crippen LogP contribution in [-0.2, 0) is 10.0 Å². The highest BCUT2D eigenvalue weighted by molar-refractivity contribution is 7.94. The Morgan fingerprint density at radius 2 is 1.81 bits per heavy atom. The molecule has 0 aliphatic carbocycles. The Morgan fingerprint density at radius 1 is 1.04 bits per heavy atom. The molecule has 0 aliphatic heterocycles. The molecular weight excluding hydrogens is 374 g/mol. The average Bonchev–Trinajstić information content (AvgIpc) is 3.33. The molecule has 3 rings (SSSR count). The number of carbonyl (C=O) groups excluding carboxylic acids is 1. The Morgan fingerprint density at radius 3 is 2.42 bits per heavy atom. The molecule has 1 amide bonds. The molecule has 0 unspecified atom stereocenters. The number of hydrogen-bond acceptors (Lipinski definition) is 6. The van der Waals surface area contributed by atoms with E-state index in [1.807, 2.05) is 0 Å². The van der Waals surface area contributed by atoms with Gasteiger partial charge in [-0.05, 0) is 47.8 Å². The van der Waals surface area contributed by atoms with E-state index in [0.717, 1.165) is 11.3 Å². The van der Waals surface area contributed by atoms with Crippen LogP contribution in [0.4, 0.5) is 5.69 Å². The van der Waals surface area contributed by atoms with Gasteiger partial charge in [-0.15, -0.1) is 11.3 Å². The first-order chi connectivity index (χ1) is 12.5. The van der Waals surface area contributed by atoms with Crippen molar-refractivity contribution < 1.29 is 17.6 Å². The minimum Gasteiger partial charge on any atom is -0.463 e. The second kappa shape index (κ2) is 7.46. The van der Waals surface area contributed by atoms with Crippen LogP contribution in [0.1, 0.15) is 16.1 Å². The lowest BCUT2D eigenvalue weighted by Crippen LogP contribution is -2.35. The van der Waals surface area contributed by atoms with Gasteiger partial charge in [0.2, 0.25) is 0 Å². The monoisotopic (exact) mass is 389 g/mol. The SMILES string of the molecule is C=C(NNC(=O)c1ccc(NS(=O)(=O)c2cccs2)cc1)c1ccco1. The molecule has 0 aliphatic rings. The number of amides is 1. The van der Waals surface area contributed by atoms with E-state index < -0.39 is 15.9 Å². The zero-order chi connectivity index (χ0) is 18.6. The van der Waals surface area contributed by atoms with E-state index in [4.69, 9.17) is 4.42 Å². The van der Waals surface area contributed by atoms with Gasteiger partial charge in [0, 0.05) is 11.3 Å². The van der Waals surface area contributed by atoms with Gasteiger partial charge in [0.15, 0.2) is 5.76 Å². The molecule has 0 saturated carbocycles. The summed E-state index contributed by atoms with van der Waals surface area (Å²) < 4.78 is 32.2. The predicted octanol–water partition coefficient (Wildman–Crippen LogP) is 3.05. The number of hydrogen-bond donors (Lipinski definition) is 3. The van der Waals surface area contributed by atoms with Crippen LogP contribution in [0.2, 0.25) is 0 Å². The highest BCUT2D eigenvalue weighted by atomic mass is 32.2. The van der Waals surface area contributed by atoms with Crippen molar-refractivity contribution in [3.63, 3.8) is 0 Å². The summed E-state index contributed by atoms with van der Waals surface area (Å²) in [6.45, 7) is 3.75. The maximum Gasteiger partial charge on any atom is 0.271 e. The zero-order valence-electron chi connectivity index (χ0n) is 13.4. The van der Waals surface area contributed by atoms with Crippen molar-refractivity contribution in [1.82, 2.24) is 10.9 Å². The van der Waals surface area contributed by atoms with Crippen molar-refractivity contribution in [2.24, 2.45) is 0 Å². The van der Waals surface area contributed by atoms with Gasteiger partial charge in [-0.3, -0.25) is 20.4 Å². The van der Waals surface area contributed by atoms with E-state index in [0.29, 0.717) is 22.7 Å². The molecule has 2 heterocycles. The predicted molar refractivity (Wildman–Crippen MR) is 99.9 cm³/mol. The second-order valence-corrected chi connectivity index (χ2v) is 8.01. The maximum absolute atomic E-state index is 12.2. The summed E-state index contributed by atoms with van der Waals surface area (Å²) in [5.74, 6) is 0.106. The number of rotatable bonds is 7. The Bertz CT molecular complexity index is 993. The molecule has 7 nitrogen and oxygen atoms in total. The summed E-state index contributed by atoms with van der Waals surface area (Å²) in [4.78, 5) is 12.1. The third-order valence-corrected chi connectivity index (χ3v) is 6.08. The molecule has 0 saturated heterocycles. The van der Waals surface area contributed by atoms with Crippen molar-refractivity contribution in [2.75, 3.05) is 4.72 Å². The van der Waals surface area contributed by atoms with E-state index in [2.05, 4.69) is 22.2 Å². The van der Waals surface area contributed by atoms with Crippen LogP contribution in [0.15, 0.2) is 75.4 Å². The zero-order valence-corrected chi connectivity index (χ0v) is 15.1. The van der Waals surface area contributed by atoms with E-state index in [1.54, 1.807) is 23.6 Å². The molecular formula is C17H15N3O4S2. The fourth-order valence-electron chi connectivity index (χ4n) is 2.03. The lowest BCUT2D eigenvalue weighted by molar-refractivity contribution is 0.0942. The molecule has 26 heavy (non-hydrogen) atoms. The topological polar surface area (TPSA) is 100 Å². The fourth-order valence-corrected chi connectivity index (χ4v) is 4.08. The molecule has 1 aromatic carbocycles. The van der Waals surface area contributed by atoms with E-state index in [-0.39, 0.29) is 4.21 Å². The minimum atomic E-state index is -3.62. The molecule has 9 heteroatoms. The number of carbonyl (C=O) groups is 1. The van der Waals surface area contributed by atoms with Gasteiger partial charge in [0.05, 0.1) is 12.0 Å². The molecule has 0 bridgehead atoms. The second-order valence-electron chi connectivity index (χ2n) is 5.15. The van der Waals surface area contributed by atoms with Crippen LogP contribution in [-0.4, -0.2) is 14.3 Å². The molecule has 0 radical (unpaired) electrons. The standard InChI is InChI=1S/C17H15N3O4S2/c1-12(15-4-2-10-24-15)18-19-17(21)13-6-8-14(9-7-13)20-26(22,23)16-5-3-11-25-16/h2-11,18,20H,1H2,(H,19,21). The maximum atomic E-state index is 12.2. The number of furan rings is 1. The molecule has 0 fully saturated rings. The van der Waals surface area contributed by atoms with E-state index in [1.165, 1.54) is 36.6 Å². The summed E-state index contributed by atoms with van der Waals surface area (Å²) in [6, 6.07) is 12.7. The van der Waals surface area contributed by atoms with Crippen molar-refractivity contribution >= 4 is 38.7 Å². The van der Waals surface area contributed by atoms with Gasteiger partial charge >= 0.3 is 0 Å². The first-order valence-electron chi connectivity index (χ1n) is 7.41. The summed E-state index contributed by atoms with van der Waals surface area (Å²) in [5.41, 5.74) is 6.27. The normalized spacial score (nSPS) is 10.9. The van der Waals surface area contributed by atoms with Crippen molar-refractivity contribution in [1.29, 1.82) is 0 Å². The molecule has 134 valence electrons.